The number of benzene rings is 2. The van der Waals surface area contributed by atoms with Crippen molar-refractivity contribution in [2.24, 2.45) is 0 Å². The number of amides is 2. The molecule has 2 aromatic carbocycles. The quantitative estimate of drug-likeness (QED) is 0.651. The van der Waals surface area contributed by atoms with Crippen LogP contribution in [0.1, 0.15) is 23.1 Å². The number of aromatic nitrogens is 2. The van der Waals surface area contributed by atoms with Crippen molar-refractivity contribution in [1.29, 1.82) is 0 Å². The molecule has 2 aliphatic rings. The van der Waals surface area contributed by atoms with Crippen LogP contribution < -0.4 is 10.2 Å². The second-order valence-electron chi connectivity index (χ2n) is 7.52. The van der Waals surface area contributed by atoms with Crippen LogP contribution in [0, 0.1) is 19.3 Å². The Morgan fingerprint density at radius 2 is 2.00 bits per heavy atom. The Morgan fingerprint density at radius 3 is 2.77 bits per heavy atom. The monoisotopic (exact) mass is 416 g/mol. The first kappa shape index (κ1) is 18.5. The van der Waals surface area contributed by atoms with Crippen molar-refractivity contribution in [2.45, 2.75) is 18.8 Å². The van der Waals surface area contributed by atoms with E-state index < -0.39 is 5.41 Å². The van der Waals surface area contributed by atoms with Crippen molar-refractivity contribution in [3.63, 3.8) is 0 Å². The van der Waals surface area contributed by atoms with Gasteiger partial charge < -0.3 is 5.32 Å². The van der Waals surface area contributed by atoms with E-state index in [1.807, 2.05) is 43.3 Å². The second-order valence-corrected chi connectivity index (χ2v) is 7.92. The van der Waals surface area contributed by atoms with Gasteiger partial charge in [-0.25, -0.2) is 4.68 Å². The molecule has 0 saturated carbocycles. The summed E-state index contributed by atoms with van der Waals surface area (Å²) in [5.41, 5.74) is 2.59. The van der Waals surface area contributed by atoms with E-state index in [2.05, 4.69) is 16.3 Å². The highest BCUT2D eigenvalue weighted by Crippen LogP contribution is 2.52. The molecule has 0 bridgehead atoms. The molecular formula is C23H17ClN4O2. The highest BCUT2D eigenvalue weighted by atomic mass is 35.5. The summed E-state index contributed by atoms with van der Waals surface area (Å²) in [4.78, 5) is 28.2. The largest absolute Gasteiger partial charge is 0.310 e. The third-order valence-electron chi connectivity index (χ3n) is 5.76. The first-order chi connectivity index (χ1) is 14.5. The number of rotatable bonds is 2. The lowest BCUT2D eigenvalue weighted by Gasteiger charge is -2.32. The zero-order valence-corrected chi connectivity index (χ0v) is 16.9. The van der Waals surface area contributed by atoms with Crippen LogP contribution >= 0.6 is 11.6 Å². The summed E-state index contributed by atoms with van der Waals surface area (Å²) in [5.74, 6) is 2.53. The van der Waals surface area contributed by atoms with E-state index in [-0.39, 0.29) is 24.8 Å². The number of carbonyl (C=O) groups excluding carboxylic acids is 2. The number of nitrogens with zero attached hydrogens (tertiary/aromatic N) is 3. The number of anilines is 2. The van der Waals surface area contributed by atoms with Crippen LogP contribution in [0.2, 0.25) is 5.02 Å². The molecule has 2 amide bonds. The average Bonchev–Trinajstić information content (AvgIpc) is 3.23. The molecule has 0 aliphatic carbocycles. The van der Waals surface area contributed by atoms with Gasteiger partial charge in [0.05, 0.1) is 23.5 Å². The summed E-state index contributed by atoms with van der Waals surface area (Å²) >= 11 is 6.37. The number of para-hydroxylation sites is 1. The van der Waals surface area contributed by atoms with Crippen LogP contribution in [0.4, 0.5) is 11.5 Å². The Labute approximate surface area is 178 Å². The van der Waals surface area contributed by atoms with Crippen LogP contribution in [0.3, 0.4) is 0 Å². The summed E-state index contributed by atoms with van der Waals surface area (Å²) in [6, 6.07) is 13.0. The first-order valence-corrected chi connectivity index (χ1v) is 9.85. The summed E-state index contributed by atoms with van der Waals surface area (Å²) in [5, 5.41) is 7.87. The minimum atomic E-state index is -1.17. The first-order valence-electron chi connectivity index (χ1n) is 9.47. The zero-order valence-electron chi connectivity index (χ0n) is 16.1. The van der Waals surface area contributed by atoms with Gasteiger partial charge in [-0.2, -0.15) is 5.10 Å². The van der Waals surface area contributed by atoms with Crippen molar-refractivity contribution in [3.05, 3.63) is 70.4 Å². The molecule has 2 aliphatic heterocycles. The Kier molecular flexibility index (Phi) is 3.99. The molecule has 5 rings (SSSR count). The van der Waals surface area contributed by atoms with Crippen molar-refractivity contribution in [1.82, 2.24) is 9.78 Å². The number of fused-ring (bicyclic) bond motifs is 4. The van der Waals surface area contributed by atoms with Crippen molar-refractivity contribution < 1.29 is 9.59 Å². The van der Waals surface area contributed by atoms with Crippen molar-refractivity contribution in [2.75, 3.05) is 16.8 Å². The van der Waals surface area contributed by atoms with Gasteiger partial charge in [0.1, 0.15) is 11.2 Å². The van der Waals surface area contributed by atoms with Crippen LogP contribution in [0.15, 0.2) is 48.7 Å². The molecule has 3 heterocycles. The zero-order chi connectivity index (χ0) is 21.0. The maximum Gasteiger partial charge on any atom is 0.243 e. The van der Waals surface area contributed by atoms with Gasteiger partial charge in [-0.1, -0.05) is 47.4 Å². The van der Waals surface area contributed by atoms with Crippen LogP contribution in [0.25, 0.3) is 5.69 Å². The van der Waals surface area contributed by atoms with E-state index in [0.717, 1.165) is 16.8 Å². The van der Waals surface area contributed by atoms with E-state index in [1.54, 1.807) is 21.8 Å². The summed E-state index contributed by atoms with van der Waals surface area (Å²) in [7, 11) is 0. The Morgan fingerprint density at radius 1 is 1.20 bits per heavy atom. The maximum absolute atomic E-state index is 13.7. The molecule has 3 aromatic rings. The number of carbonyl (C=O) groups is 2. The van der Waals surface area contributed by atoms with Gasteiger partial charge in [0.25, 0.3) is 0 Å². The maximum atomic E-state index is 13.7. The SMILES string of the molecule is C#CCN1C(=O)C2(CC(=O)Nc3c2cnn3-c2ccccc2Cl)c2cc(C)ccc21. The molecule has 30 heavy (non-hydrogen) atoms. The predicted octanol–water partition coefficient (Wildman–Crippen LogP) is 3.44. The fraction of sp³-hybridized carbons (Fsp3) is 0.174. The summed E-state index contributed by atoms with van der Waals surface area (Å²) in [6.45, 7) is 2.09. The molecule has 148 valence electrons. The normalized spacial score (nSPS) is 19.4. The van der Waals surface area contributed by atoms with Gasteiger partial charge in [-0.15, -0.1) is 6.42 Å². The van der Waals surface area contributed by atoms with Gasteiger partial charge in [-0.3, -0.25) is 14.5 Å². The average molecular weight is 417 g/mol. The molecule has 0 saturated heterocycles. The van der Waals surface area contributed by atoms with Gasteiger partial charge in [0.15, 0.2) is 0 Å². The lowest BCUT2D eigenvalue weighted by atomic mass is 9.71. The minimum Gasteiger partial charge on any atom is -0.310 e. The molecule has 7 heteroatoms. The van der Waals surface area contributed by atoms with E-state index in [1.165, 1.54) is 0 Å². The smallest absolute Gasteiger partial charge is 0.243 e. The molecular weight excluding hydrogens is 400 g/mol. The number of halogens is 1. The van der Waals surface area contributed by atoms with Crippen molar-refractivity contribution >= 4 is 34.9 Å². The summed E-state index contributed by atoms with van der Waals surface area (Å²) < 4.78 is 1.57. The molecule has 1 atom stereocenters. The molecule has 6 nitrogen and oxygen atoms in total. The van der Waals surface area contributed by atoms with Gasteiger partial charge >= 0.3 is 0 Å². The molecule has 0 radical (unpaired) electrons. The van der Waals surface area contributed by atoms with Gasteiger partial charge in [0.2, 0.25) is 11.8 Å². The number of terminal acetylenes is 1. The van der Waals surface area contributed by atoms with Crippen LogP contribution in [-0.2, 0) is 15.0 Å². The molecule has 1 spiro atoms. The predicted molar refractivity (Wildman–Crippen MR) is 115 cm³/mol. The van der Waals surface area contributed by atoms with E-state index in [9.17, 15) is 9.59 Å². The number of nitrogens with one attached hydrogen (secondary N) is 1. The minimum absolute atomic E-state index is 0.00935. The van der Waals surface area contributed by atoms with E-state index in [4.69, 9.17) is 18.0 Å². The third-order valence-corrected chi connectivity index (χ3v) is 6.08. The highest BCUT2D eigenvalue weighted by Gasteiger charge is 2.57. The topological polar surface area (TPSA) is 67.2 Å². The number of hydrogen-bond acceptors (Lipinski definition) is 3. The standard InChI is InChI=1S/C23H17ClN4O2/c1-3-10-27-18-9-8-14(2)11-15(18)23(22(27)30)12-20(29)26-21-16(23)13-25-28(21)19-7-5-4-6-17(19)24/h1,4-9,11,13H,10,12H2,2H3,(H,26,29). The summed E-state index contributed by atoms with van der Waals surface area (Å²) in [6.07, 6.45) is 7.17. The lowest BCUT2D eigenvalue weighted by molar-refractivity contribution is -0.126. The Hall–Kier alpha value is -3.56. The Bertz CT molecular complexity index is 1270. The van der Waals surface area contributed by atoms with Gasteiger partial charge in [0, 0.05) is 17.7 Å². The van der Waals surface area contributed by atoms with Crippen LogP contribution in [-0.4, -0.2) is 28.1 Å². The van der Waals surface area contributed by atoms with E-state index in [0.29, 0.717) is 22.1 Å². The third kappa shape index (κ3) is 2.36. The fourth-order valence-electron chi connectivity index (χ4n) is 4.46. The van der Waals surface area contributed by atoms with Crippen LogP contribution in [0.5, 0.6) is 0 Å². The lowest BCUT2D eigenvalue weighted by Crippen LogP contribution is -2.46. The van der Waals surface area contributed by atoms with Gasteiger partial charge in [-0.05, 0) is 30.7 Å². The van der Waals surface area contributed by atoms with Crippen molar-refractivity contribution in [3.8, 4) is 18.0 Å². The second kappa shape index (κ2) is 6.48. The van der Waals surface area contributed by atoms with E-state index >= 15 is 0 Å². The highest BCUT2D eigenvalue weighted by molar-refractivity contribution is 6.32. The number of hydrogen-bond donors (Lipinski definition) is 1. The molecule has 1 unspecified atom stereocenters. The fourth-order valence-corrected chi connectivity index (χ4v) is 4.68. The molecule has 0 fully saturated rings. The number of aryl methyl sites for hydroxylation is 1. The Balaban J connectivity index is 1.79. The molecule has 1 aromatic heterocycles. The molecule has 1 N–H and O–H groups in total.